The average Bonchev–Trinajstić information content (AvgIpc) is 2.92. The Kier molecular flexibility index (Phi) is 4.34. The maximum atomic E-state index is 5.89. The van der Waals surface area contributed by atoms with Crippen molar-refractivity contribution in [2.24, 2.45) is 5.84 Å². The van der Waals surface area contributed by atoms with Crippen LogP contribution in [0, 0.1) is 13.8 Å². The molecule has 110 valence electrons. The van der Waals surface area contributed by atoms with Gasteiger partial charge in [0.1, 0.15) is 0 Å². The first-order chi connectivity index (χ1) is 10.2. The predicted molar refractivity (Wildman–Crippen MR) is 90.6 cm³/mol. The van der Waals surface area contributed by atoms with Gasteiger partial charge < -0.3 is 0 Å². The van der Waals surface area contributed by atoms with Crippen LogP contribution in [0.15, 0.2) is 47.4 Å². The molecule has 21 heavy (non-hydrogen) atoms. The van der Waals surface area contributed by atoms with Crippen LogP contribution in [-0.4, -0.2) is 11.8 Å². The second kappa shape index (κ2) is 6.22. The molecule has 3 heteroatoms. The first kappa shape index (κ1) is 14.6. The molecule has 1 heterocycles. The van der Waals surface area contributed by atoms with Gasteiger partial charge in [-0.25, -0.2) is 0 Å². The molecule has 2 aromatic rings. The van der Waals surface area contributed by atoms with Crippen LogP contribution in [0.1, 0.15) is 28.2 Å². The lowest BCUT2D eigenvalue weighted by atomic mass is 9.88. The number of benzene rings is 2. The van der Waals surface area contributed by atoms with E-state index in [0.29, 0.717) is 5.92 Å². The molecule has 1 aliphatic rings. The number of thioether (sulfide) groups is 1. The summed E-state index contributed by atoms with van der Waals surface area (Å²) in [6, 6.07) is 15.6. The molecule has 3 rings (SSSR count). The van der Waals surface area contributed by atoms with E-state index in [1.807, 2.05) is 11.8 Å². The molecule has 0 fully saturated rings. The van der Waals surface area contributed by atoms with Gasteiger partial charge in [0, 0.05) is 22.6 Å². The van der Waals surface area contributed by atoms with Crippen LogP contribution in [0.3, 0.4) is 0 Å². The van der Waals surface area contributed by atoms with Crippen LogP contribution in [0.25, 0.3) is 0 Å². The largest absolute Gasteiger partial charge is 0.271 e. The molecule has 2 unspecified atom stereocenters. The second-order valence-corrected chi connectivity index (χ2v) is 6.92. The minimum atomic E-state index is 0.279. The summed E-state index contributed by atoms with van der Waals surface area (Å²) >= 11 is 1.94. The highest BCUT2D eigenvalue weighted by atomic mass is 32.2. The molecular weight excluding hydrogens is 276 g/mol. The Balaban J connectivity index is 1.85. The van der Waals surface area contributed by atoms with Gasteiger partial charge in [-0.15, -0.1) is 11.8 Å². The number of hydrogen-bond acceptors (Lipinski definition) is 3. The first-order valence-electron chi connectivity index (χ1n) is 7.43. The number of nitrogens with two attached hydrogens (primary N) is 1. The summed E-state index contributed by atoms with van der Waals surface area (Å²) < 4.78 is 0. The lowest BCUT2D eigenvalue weighted by Gasteiger charge is -2.24. The summed E-state index contributed by atoms with van der Waals surface area (Å²) in [5, 5.41) is 0. The summed E-state index contributed by atoms with van der Waals surface area (Å²) in [5.41, 5.74) is 8.56. The molecule has 0 radical (unpaired) electrons. The van der Waals surface area contributed by atoms with E-state index in [9.17, 15) is 0 Å². The summed E-state index contributed by atoms with van der Waals surface area (Å²) in [5.74, 6) is 7.48. The quantitative estimate of drug-likeness (QED) is 0.669. The Morgan fingerprint density at radius 3 is 2.86 bits per heavy atom. The lowest BCUT2D eigenvalue weighted by Crippen LogP contribution is -2.41. The third kappa shape index (κ3) is 3.00. The van der Waals surface area contributed by atoms with E-state index >= 15 is 0 Å². The van der Waals surface area contributed by atoms with Crippen molar-refractivity contribution >= 4 is 11.8 Å². The van der Waals surface area contributed by atoms with Gasteiger partial charge in [-0.2, -0.15) is 0 Å². The van der Waals surface area contributed by atoms with Crippen molar-refractivity contribution in [1.82, 2.24) is 5.43 Å². The van der Waals surface area contributed by atoms with Gasteiger partial charge in [-0.1, -0.05) is 42.0 Å². The fourth-order valence-corrected chi connectivity index (χ4v) is 4.43. The van der Waals surface area contributed by atoms with Gasteiger partial charge >= 0.3 is 0 Å². The monoisotopic (exact) mass is 298 g/mol. The van der Waals surface area contributed by atoms with E-state index < -0.39 is 0 Å². The SMILES string of the molecule is Cc1ccc(C)c(CC(NN)C2CSc3ccccc32)c1. The molecule has 0 aromatic heterocycles. The molecule has 0 aliphatic carbocycles. The number of hydrogen-bond donors (Lipinski definition) is 2. The summed E-state index contributed by atoms with van der Waals surface area (Å²) in [6.07, 6.45) is 0.976. The molecule has 2 aromatic carbocycles. The van der Waals surface area contributed by atoms with Crippen LogP contribution in [0.2, 0.25) is 0 Å². The van der Waals surface area contributed by atoms with Crippen molar-refractivity contribution in [3.63, 3.8) is 0 Å². The van der Waals surface area contributed by atoms with Crippen LogP contribution in [-0.2, 0) is 6.42 Å². The lowest BCUT2D eigenvalue weighted by molar-refractivity contribution is 0.462. The number of fused-ring (bicyclic) bond motifs is 1. The highest BCUT2D eigenvalue weighted by Gasteiger charge is 2.29. The molecule has 1 aliphatic heterocycles. The van der Waals surface area contributed by atoms with Gasteiger partial charge in [0.05, 0.1) is 0 Å². The number of rotatable bonds is 4. The van der Waals surface area contributed by atoms with Crippen LogP contribution in [0.5, 0.6) is 0 Å². The maximum absolute atomic E-state index is 5.89. The predicted octanol–water partition coefficient (Wildman–Crippen LogP) is 3.57. The van der Waals surface area contributed by atoms with Gasteiger partial charge in [0.25, 0.3) is 0 Å². The highest BCUT2D eigenvalue weighted by molar-refractivity contribution is 7.99. The van der Waals surface area contributed by atoms with E-state index in [-0.39, 0.29) is 6.04 Å². The Labute approximate surface area is 131 Å². The first-order valence-corrected chi connectivity index (χ1v) is 8.41. The molecule has 0 spiro atoms. The zero-order chi connectivity index (χ0) is 14.8. The van der Waals surface area contributed by atoms with E-state index in [4.69, 9.17) is 5.84 Å². The van der Waals surface area contributed by atoms with Gasteiger partial charge in [-0.3, -0.25) is 11.3 Å². The van der Waals surface area contributed by atoms with Gasteiger partial charge in [0.15, 0.2) is 0 Å². The standard InChI is InChI=1S/C18H22N2S/c1-12-7-8-13(2)14(9-12)10-17(20-19)16-11-21-18-6-4-3-5-15(16)18/h3-9,16-17,20H,10-11,19H2,1-2H3. The smallest absolute Gasteiger partial charge is 0.0328 e. The average molecular weight is 298 g/mol. The molecule has 2 nitrogen and oxygen atoms in total. The van der Waals surface area contributed by atoms with E-state index in [1.54, 1.807) is 0 Å². The highest BCUT2D eigenvalue weighted by Crippen LogP contribution is 2.41. The number of hydrazine groups is 1. The third-order valence-electron chi connectivity index (χ3n) is 4.38. The molecule has 0 saturated heterocycles. The Morgan fingerprint density at radius 2 is 2.05 bits per heavy atom. The maximum Gasteiger partial charge on any atom is 0.0328 e. The molecule has 0 amide bonds. The molecule has 3 N–H and O–H groups in total. The van der Waals surface area contributed by atoms with Gasteiger partial charge in [0.2, 0.25) is 0 Å². The topological polar surface area (TPSA) is 38.0 Å². The Hall–Kier alpha value is -1.29. The van der Waals surface area contributed by atoms with Crippen molar-refractivity contribution in [2.75, 3.05) is 5.75 Å². The summed E-state index contributed by atoms with van der Waals surface area (Å²) in [4.78, 5) is 1.41. The summed E-state index contributed by atoms with van der Waals surface area (Å²) in [6.45, 7) is 4.33. The van der Waals surface area contributed by atoms with Crippen LogP contribution < -0.4 is 11.3 Å². The van der Waals surface area contributed by atoms with Crippen molar-refractivity contribution in [3.05, 3.63) is 64.7 Å². The van der Waals surface area contributed by atoms with E-state index in [2.05, 4.69) is 61.7 Å². The van der Waals surface area contributed by atoms with Crippen molar-refractivity contribution in [3.8, 4) is 0 Å². The molecule has 0 bridgehead atoms. The molecule has 2 atom stereocenters. The van der Waals surface area contributed by atoms with E-state index in [1.165, 1.54) is 27.1 Å². The van der Waals surface area contributed by atoms with E-state index in [0.717, 1.165) is 12.2 Å². The zero-order valence-corrected chi connectivity index (χ0v) is 13.4. The normalized spacial score (nSPS) is 18.5. The minimum absolute atomic E-state index is 0.279. The van der Waals surface area contributed by atoms with Gasteiger partial charge in [-0.05, 0) is 43.0 Å². The number of aryl methyl sites for hydroxylation is 2. The Bertz CT molecular complexity index is 639. The van der Waals surface area contributed by atoms with Crippen LogP contribution >= 0.6 is 11.8 Å². The van der Waals surface area contributed by atoms with Crippen LogP contribution in [0.4, 0.5) is 0 Å². The summed E-state index contributed by atoms with van der Waals surface area (Å²) in [7, 11) is 0. The number of nitrogens with one attached hydrogen (secondary N) is 1. The van der Waals surface area contributed by atoms with Crippen molar-refractivity contribution in [2.45, 2.75) is 37.1 Å². The second-order valence-electron chi connectivity index (χ2n) is 5.86. The fraction of sp³-hybridized carbons (Fsp3) is 0.333. The third-order valence-corrected chi connectivity index (χ3v) is 5.59. The molecular formula is C18H22N2S. The molecule has 0 saturated carbocycles. The van der Waals surface area contributed by atoms with Crippen molar-refractivity contribution < 1.29 is 0 Å². The zero-order valence-electron chi connectivity index (χ0n) is 12.6. The minimum Gasteiger partial charge on any atom is -0.271 e. The fourth-order valence-electron chi connectivity index (χ4n) is 3.09. The van der Waals surface area contributed by atoms with Crippen molar-refractivity contribution in [1.29, 1.82) is 0 Å². The Morgan fingerprint density at radius 1 is 1.24 bits per heavy atom.